The Hall–Kier alpha value is -1.75. The highest BCUT2D eigenvalue weighted by Crippen LogP contribution is 2.10. The maximum absolute atomic E-state index is 12.7. The number of carbonyl (C=O) groups is 1. The molecule has 3 nitrogen and oxygen atoms in total. The van der Waals surface area contributed by atoms with E-state index in [1.54, 1.807) is 11.3 Å². The molecule has 1 N–H and O–H groups in total. The number of aryl methyl sites for hydroxylation is 2. The molecule has 0 atom stereocenters. The van der Waals surface area contributed by atoms with Crippen LogP contribution in [0.4, 0.5) is 4.39 Å². The number of nitrogens with zero attached hydrogens (tertiary/aromatic N) is 1. The predicted octanol–water partition coefficient (Wildman–Crippen LogP) is 2.95. The van der Waals surface area contributed by atoms with Crippen molar-refractivity contribution in [1.29, 1.82) is 0 Å². The minimum absolute atomic E-state index is 0.171. The van der Waals surface area contributed by atoms with Crippen LogP contribution in [0.3, 0.4) is 0 Å². The SMILES string of the molecule is Cc1csc(CCCNC(=O)c2ccc(F)cc2)n1. The van der Waals surface area contributed by atoms with Gasteiger partial charge in [-0.3, -0.25) is 4.79 Å². The number of rotatable bonds is 5. The number of halogens is 1. The Labute approximate surface area is 115 Å². The Kier molecular flexibility index (Phi) is 4.63. The van der Waals surface area contributed by atoms with E-state index in [-0.39, 0.29) is 11.7 Å². The van der Waals surface area contributed by atoms with Gasteiger partial charge in [0.15, 0.2) is 0 Å². The maximum Gasteiger partial charge on any atom is 0.251 e. The van der Waals surface area contributed by atoms with E-state index in [1.165, 1.54) is 24.3 Å². The summed E-state index contributed by atoms with van der Waals surface area (Å²) in [6.07, 6.45) is 1.71. The van der Waals surface area contributed by atoms with E-state index in [2.05, 4.69) is 10.3 Å². The van der Waals surface area contributed by atoms with Gasteiger partial charge in [-0.05, 0) is 37.6 Å². The lowest BCUT2D eigenvalue weighted by Crippen LogP contribution is -2.24. The fourth-order valence-electron chi connectivity index (χ4n) is 1.66. The lowest BCUT2D eigenvalue weighted by atomic mass is 10.2. The van der Waals surface area contributed by atoms with Crippen molar-refractivity contribution in [1.82, 2.24) is 10.3 Å². The molecular weight excluding hydrogens is 263 g/mol. The van der Waals surface area contributed by atoms with Gasteiger partial charge in [0.1, 0.15) is 5.82 Å². The summed E-state index contributed by atoms with van der Waals surface area (Å²) in [5, 5.41) is 5.92. The van der Waals surface area contributed by atoms with E-state index in [0.29, 0.717) is 12.1 Å². The second-order valence-corrected chi connectivity index (χ2v) is 5.19. The Morgan fingerprint density at radius 3 is 2.74 bits per heavy atom. The summed E-state index contributed by atoms with van der Waals surface area (Å²) in [4.78, 5) is 16.1. The molecule has 100 valence electrons. The summed E-state index contributed by atoms with van der Waals surface area (Å²) in [5.41, 5.74) is 1.52. The van der Waals surface area contributed by atoms with E-state index in [4.69, 9.17) is 0 Å². The highest BCUT2D eigenvalue weighted by atomic mass is 32.1. The van der Waals surface area contributed by atoms with Crippen LogP contribution in [-0.2, 0) is 6.42 Å². The Morgan fingerprint density at radius 1 is 1.37 bits per heavy atom. The van der Waals surface area contributed by atoms with Crippen LogP contribution in [0.25, 0.3) is 0 Å². The topological polar surface area (TPSA) is 42.0 Å². The van der Waals surface area contributed by atoms with Crippen LogP contribution in [0.2, 0.25) is 0 Å². The third kappa shape index (κ3) is 4.13. The molecule has 0 aliphatic heterocycles. The molecule has 19 heavy (non-hydrogen) atoms. The smallest absolute Gasteiger partial charge is 0.251 e. The molecule has 0 fully saturated rings. The third-order valence-electron chi connectivity index (χ3n) is 2.63. The van der Waals surface area contributed by atoms with Gasteiger partial charge < -0.3 is 5.32 Å². The predicted molar refractivity (Wildman–Crippen MR) is 73.9 cm³/mol. The number of thiazole rings is 1. The molecule has 0 aliphatic rings. The molecule has 0 saturated carbocycles. The van der Waals surface area contributed by atoms with Gasteiger partial charge in [-0.2, -0.15) is 0 Å². The fraction of sp³-hybridized carbons (Fsp3) is 0.286. The largest absolute Gasteiger partial charge is 0.352 e. The molecular formula is C14H15FN2OS. The third-order valence-corrected chi connectivity index (χ3v) is 3.65. The lowest BCUT2D eigenvalue weighted by Gasteiger charge is -2.04. The van der Waals surface area contributed by atoms with E-state index < -0.39 is 0 Å². The van der Waals surface area contributed by atoms with Gasteiger partial charge >= 0.3 is 0 Å². The summed E-state index contributed by atoms with van der Waals surface area (Å²) >= 11 is 1.64. The van der Waals surface area contributed by atoms with Gasteiger partial charge in [0.25, 0.3) is 5.91 Å². The van der Waals surface area contributed by atoms with Crippen LogP contribution in [0.5, 0.6) is 0 Å². The summed E-state index contributed by atoms with van der Waals surface area (Å²) in [6.45, 7) is 2.56. The molecule has 0 aliphatic carbocycles. The van der Waals surface area contributed by atoms with Crippen LogP contribution in [-0.4, -0.2) is 17.4 Å². The van der Waals surface area contributed by atoms with E-state index >= 15 is 0 Å². The molecule has 1 amide bonds. The summed E-state index contributed by atoms with van der Waals surface area (Å²) in [6, 6.07) is 5.53. The maximum atomic E-state index is 12.7. The molecule has 2 rings (SSSR count). The molecule has 0 unspecified atom stereocenters. The highest BCUT2D eigenvalue weighted by Gasteiger charge is 2.05. The second kappa shape index (κ2) is 6.43. The molecule has 1 aromatic heterocycles. The first-order valence-electron chi connectivity index (χ1n) is 6.10. The molecule has 0 radical (unpaired) electrons. The lowest BCUT2D eigenvalue weighted by molar-refractivity contribution is 0.0953. The highest BCUT2D eigenvalue weighted by molar-refractivity contribution is 7.09. The van der Waals surface area contributed by atoms with E-state index in [0.717, 1.165) is 23.5 Å². The number of nitrogens with one attached hydrogen (secondary N) is 1. The van der Waals surface area contributed by atoms with Gasteiger partial charge in [-0.1, -0.05) is 0 Å². The van der Waals surface area contributed by atoms with E-state index in [9.17, 15) is 9.18 Å². The molecule has 2 aromatic rings. The minimum atomic E-state index is -0.337. The monoisotopic (exact) mass is 278 g/mol. The molecule has 1 heterocycles. The molecule has 0 spiro atoms. The van der Waals surface area contributed by atoms with Crippen molar-refractivity contribution in [3.8, 4) is 0 Å². The number of hydrogen-bond acceptors (Lipinski definition) is 3. The van der Waals surface area contributed by atoms with Crippen LogP contribution < -0.4 is 5.32 Å². The zero-order valence-electron chi connectivity index (χ0n) is 10.6. The average Bonchev–Trinajstić information content (AvgIpc) is 2.81. The van der Waals surface area contributed by atoms with Crippen LogP contribution >= 0.6 is 11.3 Å². The first kappa shape index (κ1) is 13.7. The zero-order chi connectivity index (χ0) is 13.7. The Bertz CT molecular complexity index is 551. The Morgan fingerprint density at radius 2 is 2.11 bits per heavy atom. The second-order valence-electron chi connectivity index (χ2n) is 4.25. The van der Waals surface area contributed by atoms with Crippen molar-refractivity contribution in [2.24, 2.45) is 0 Å². The van der Waals surface area contributed by atoms with Crippen LogP contribution in [0, 0.1) is 12.7 Å². The van der Waals surface area contributed by atoms with Crippen molar-refractivity contribution in [3.05, 3.63) is 51.7 Å². The average molecular weight is 278 g/mol. The van der Waals surface area contributed by atoms with Gasteiger partial charge in [-0.15, -0.1) is 11.3 Å². The molecule has 1 aromatic carbocycles. The number of benzene rings is 1. The number of hydrogen-bond donors (Lipinski definition) is 1. The zero-order valence-corrected chi connectivity index (χ0v) is 11.5. The van der Waals surface area contributed by atoms with Crippen molar-refractivity contribution in [2.75, 3.05) is 6.54 Å². The van der Waals surface area contributed by atoms with Crippen LogP contribution in [0.15, 0.2) is 29.6 Å². The molecule has 0 saturated heterocycles. The van der Waals surface area contributed by atoms with Crippen molar-refractivity contribution < 1.29 is 9.18 Å². The van der Waals surface area contributed by atoms with Gasteiger partial charge in [-0.25, -0.2) is 9.37 Å². The number of carbonyl (C=O) groups excluding carboxylic acids is 1. The van der Waals surface area contributed by atoms with Crippen LogP contribution in [0.1, 0.15) is 27.5 Å². The number of aromatic nitrogens is 1. The van der Waals surface area contributed by atoms with Gasteiger partial charge in [0.05, 0.1) is 5.01 Å². The van der Waals surface area contributed by atoms with Crippen molar-refractivity contribution >= 4 is 17.2 Å². The summed E-state index contributed by atoms with van der Waals surface area (Å²) in [7, 11) is 0. The van der Waals surface area contributed by atoms with Gasteiger partial charge in [0, 0.05) is 29.6 Å². The normalized spacial score (nSPS) is 10.4. The van der Waals surface area contributed by atoms with Gasteiger partial charge in [0.2, 0.25) is 0 Å². The summed E-state index contributed by atoms with van der Waals surface area (Å²) < 4.78 is 12.7. The quantitative estimate of drug-likeness (QED) is 0.854. The fourth-order valence-corrected chi connectivity index (χ4v) is 2.48. The first-order chi connectivity index (χ1) is 9.15. The van der Waals surface area contributed by atoms with Crippen molar-refractivity contribution in [2.45, 2.75) is 19.8 Å². The first-order valence-corrected chi connectivity index (χ1v) is 6.98. The Balaban J connectivity index is 1.73. The van der Waals surface area contributed by atoms with Crippen molar-refractivity contribution in [3.63, 3.8) is 0 Å². The minimum Gasteiger partial charge on any atom is -0.352 e. The molecule has 0 bridgehead atoms. The number of amides is 1. The van der Waals surface area contributed by atoms with E-state index in [1.807, 2.05) is 12.3 Å². The molecule has 5 heteroatoms. The standard InChI is InChI=1S/C14H15FN2OS/c1-10-9-19-13(17-10)3-2-8-16-14(18)11-4-6-12(15)7-5-11/h4-7,9H,2-3,8H2,1H3,(H,16,18). The summed E-state index contributed by atoms with van der Waals surface area (Å²) in [5.74, 6) is -0.508.